The Morgan fingerprint density at radius 3 is 2.35 bits per heavy atom. The number of nitriles is 1. The summed E-state index contributed by atoms with van der Waals surface area (Å²) < 4.78 is 35.0. The summed E-state index contributed by atoms with van der Waals surface area (Å²) in [4.78, 5) is 17.5. The van der Waals surface area contributed by atoms with E-state index < -0.39 is 46.6 Å². The normalized spacial score (nSPS) is 26.4. The number of hydrogen-bond acceptors (Lipinski definition) is 10. The van der Waals surface area contributed by atoms with Crippen LogP contribution >= 0.6 is 0 Å². The Morgan fingerprint density at radius 2 is 1.78 bits per heavy atom. The van der Waals surface area contributed by atoms with Gasteiger partial charge in [0.05, 0.1) is 12.3 Å². The fraction of sp³-hybridized carbons (Fsp3) is 0.750. The van der Waals surface area contributed by atoms with E-state index in [4.69, 9.17) is 22.4 Å². The largest absolute Gasteiger partial charge is 0.414 e. The van der Waals surface area contributed by atoms with Gasteiger partial charge >= 0.3 is 17.1 Å². The zero-order chi connectivity index (χ0) is 34.2. The molecule has 2 aliphatic heterocycles. The Bertz CT molecular complexity index is 1410. The molecule has 2 aliphatic rings. The van der Waals surface area contributed by atoms with Crippen molar-refractivity contribution in [2.45, 2.75) is 141 Å². The molecule has 0 spiro atoms. The van der Waals surface area contributed by atoms with E-state index in [1.165, 1.54) is 10.8 Å². The lowest BCUT2D eigenvalue weighted by atomic mass is 9.92. The van der Waals surface area contributed by atoms with E-state index in [0.717, 1.165) is 12.8 Å². The van der Waals surface area contributed by atoms with Crippen LogP contribution in [0, 0.1) is 11.3 Å². The lowest BCUT2D eigenvalue weighted by molar-refractivity contribution is -0.137. The molecule has 12 nitrogen and oxygen atoms in total. The summed E-state index contributed by atoms with van der Waals surface area (Å²) >= 11 is 0. The van der Waals surface area contributed by atoms with Gasteiger partial charge in [0.25, 0.3) is 5.91 Å². The van der Waals surface area contributed by atoms with Crippen molar-refractivity contribution in [3.8, 4) is 6.07 Å². The molecule has 4 heterocycles. The van der Waals surface area contributed by atoms with Gasteiger partial charge in [-0.1, -0.05) is 68.7 Å². The quantitative estimate of drug-likeness (QED) is 0.224. The van der Waals surface area contributed by atoms with Gasteiger partial charge < -0.3 is 32.9 Å². The molecule has 0 unspecified atom stereocenters. The average molecular weight is 676 g/mol. The van der Waals surface area contributed by atoms with Gasteiger partial charge in [-0.2, -0.15) is 10.4 Å². The Balaban J connectivity index is 1.76. The number of aromatic nitrogens is 3. The lowest BCUT2D eigenvalue weighted by Crippen LogP contribution is -2.66. The molecule has 256 valence electrons. The van der Waals surface area contributed by atoms with Gasteiger partial charge in [-0.15, -0.1) is 0 Å². The summed E-state index contributed by atoms with van der Waals surface area (Å²) in [5.41, 5.74) is -1.88. The van der Waals surface area contributed by atoms with Crippen molar-refractivity contribution in [3.05, 3.63) is 24.2 Å². The third-order valence-corrected chi connectivity index (χ3v) is 19.7. The molecule has 1 amide bonds. The third-order valence-electron chi connectivity index (χ3n) is 9.50. The van der Waals surface area contributed by atoms with E-state index >= 15 is 0 Å². The molecule has 14 heteroatoms. The fourth-order valence-corrected chi connectivity index (χ4v) is 17.9. The fourth-order valence-electron chi connectivity index (χ4n) is 6.69. The van der Waals surface area contributed by atoms with Crippen molar-refractivity contribution in [1.82, 2.24) is 14.6 Å². The second-order valence-corrected chi connectivity index (χ2v) is 23.1. The monoisotopic (exact) mass is 675 g/mol. The molecule has 0 aromatic carbocycles. The summed E-state index contributed by atoms with van der Waals surface area (Å²) in [5, 5.41) is 30.1. The van der Waals surface area contributed by atoms with Crippen molar-refractivity contribution in [3.63, 3.8) is 0 Å². The first-order chi connectivity index (χ1) is 21.5. The Kier molecular flexibility index (Phi) is 10.9. The molecule has 46 heavy (non-hydrogen) atoms. The molecule has 0 bridgehead atoms. The van der Waals surface area contributed by atoms with Crippen LogP contribution < -0.4 is 5.32 Å². The number of hydrogen-bond donors (Lipinski definition) is 2. The van der Waals surface area contributed by atoms with Crippen LogP contribution in [0.5, 0.6) is 0 Å². The second-order valence-electron chi connectivity index (χ2n) is 14.3. The van der Waals surface area contributed by atoms with Crippen molar-refractivity contribution in [2.24, 2.45) is 0 Å². The molecule has 2 fully saturated rings. The summed E-state index contributed by atoms with van der Waals surface area (Å²) in [6.45, 7) is 23.0. The standard InChI is InChI=1S/C32H53N5O7Si2/c1-12-13-16-40-31(10,11)30(39)36-29-24-14-15-26(37(24)35-19-34-29)32(18-33)28(38)27-25(42-32)17-41-45(20(2)3,21(4)5)44-46(43-27,22(6)7)23(8)9/h14-15,19-23,25,27-28,38H,12-13,16-17H2,1-11H3,(H,34,35,36,39)/t25-,27-,28-,32+/m1/s1. The molecule has 2 saturated heterocycles. The number of amides is 1. The van der Waals surface area contributed by atoms with Crippen LogP contribution in [0.3, 0.4) is 0 Å². The predicted octanol–water partition coefficient (Wildman–Crippen LogP) is 5.70. The lowest BCUT2D eigenvalue weighted by Gasteiger charge is -2.51. The van der Waals surface area contributed by atoms with Gasteiger partial charge in [-0.25, -0.2) is 9.50 Å². The van der Waals surface area contributed by atoms with Crippen LogP contribution in [0.1, 0.15) is 94.7 Å². The topological polar surface area (TPSA) is 149 Å². The Morgan fingerprint density at radius 1 is 1.15 bits per heavy atom. The molecule has 0 saturated carbocycles. The number of aliphatic hydroxyl groups is 1. The van der Waals surface area contributed by atoms with Crippen LogP contribution in [0.4, 0.5) is 5.82 Å². The minimum absolute atomic E-state index is 0.0340. The summed E-state index contributed by atoms with van der Waals surface area (Å²) in [5.74, 6) is -0.122. The molecule has 0 aliphatic carbocycles. The first-order valence-corrected chi connectivity index (χ1v) is 20.5. The van der Waals surface area contributed by atoms with Crippen LogP contribution in [0.15, 0.2) is 18.5 Å². The number of aliphatic hydroxyl groups excluding tert-OH is 1. The number of carbonyl (C=O) groups excluding carboxylic acids is 1. The van der Waals surface area contributed by atoms with Crippen molar-refractivity contribution in [1.29, 1.82) is 5.26 Å². The smallest absolute Gasteiger partial charge is 0.335 e. The van der Waals surface area contributed by atoms with Crippen LogP contribution in [0.2, 0.25) is 22.2 Å². The maximum absolute atomic E-state index is 13.2. The first kappa shape index (κ1) is 36.6. The van der Waals surface area contributed by atoms with Crippen molar-refractivity contribution < 1.29 is 32.3 Å². The number of carbonyl (C=O) groups is 1. The maximum atomic E-state index is 13.2. The van der Waals surface area contributed by atoms with E-state index in [1.54, 1.807) is 26.0 Å². The zero-order valence-corrected chi connectivity index (χ0v) is 31.3. The zero-order valence-electron chi connectivity index (χ0n) is 29.3. The van der Waals surface area contributed by atoms with E-state index in [9.17, 15) is 15.2 Å². The number of nitrogens with one attached hydrogen (secondary N) is 1. The predicted molar refractivity (Wildman–Crippen MR) is 179 cm³/mol. The number of nitrogens with zero attached hydrogens (tertiary/aromatic N) is 4. The molecule has 2 aromatic heterocycles. The molecule has 2 aromatic rings. The highest BCUT2D eigenvalue weighted by molar-refractivity contribution is 6.84. The van der Waals surface area contributed by atoms with Gasteiger partial charge in [0.1, 0.15) is 41.8 Å². The summed E-state index contributed by atoms with van der Waals surface area (Å²) in [6.07, 6.45) is 0.0845. The van der Waals surface area contributed by atoms with Gasteiger partial charge in [0, 0.05) is 6.61 Å². The Labute approximate surface area is 275 Å². The van der Waals surface area contributed by atoms with Crippen LogP contribution in [-0.2, 0) is 32.8 Å². The van der Waals surface area contributed by atoms with Crippen molar-refractivity contribution >= 4 is 34.4 Å². The third kappa shape index (κ3) is 6.21. The minimum Gasteiger partial charge on any atom is -0.414 e. The maximum Gasteiger partial charge on any atom is 0.335 e. The van der Waals surface area contributed by atoms with Crippen molar-refractivity contribution in [2.75, 3.05) is 18.5 Å². The number of ether oxygens (including phenoxy) is 2. The SMILES string of the molecule is CCCCOC(C)(C)C(=O)Nc1ncnn2c([C@]3(C#N)O[C@@H]4CO[Si](C(C)C)(C(C)C)O[Si](C(C)C)(C(C)C)O[C@H]4[C@H]3O)ccc12. The van der Waals surface area contributed by atoms with Gasteiger partial charge in [-0.3, -0.25) is 4.79 Å². The van der Waals surface area contributed by atoms with Gasteiger partial charge in [0.15, 0.2) is 5.82 Å². The molecule has 4 rings (SSSR count). The van der Waals surface area contributed by atoms with E-state index in [0.29, 0.717) is 17.8 Å². The number of anilines is 1. The number of rotatable bonds is 11. The highest BCUT2D eigenvalue weighted by atomic mass is 28.5. The van der Waals surface area contributed by atoms with Crippen LogP contribution in [0.25, 0.3) is 5.52 Å². The first-order valence-electron chi connectivity index (χ1n) is 16.6. The number of fused-ring (bicyclic) bond motifs is 2. The Hall–Kier alpha value is -2.23. The van der Waals surface area contributed by atoms with E-state index in [2.05, 4.69) is 83.8 Å². The van der Waals surface area contributed by atoms with E-state index in [1.807, 2.05) is 0 Å². The molecular formula is C32H53N5O7Si2. The van der Waals surface area contributed by atoms with E-state index in [-0.39, 0.29) is 40.5 Å². The minimum atomic E-state index is -3.08. The average Bonchev–Trinajstić information content (AvgIpc) is 3.52. The summed E-state index contributed by atoms with van der Waals surface area (Å²) in [7, 11) is -5.95. The van der Waals surface area contributed by atoms with Gasteiger partial charge in [0.2, 0.25) is 5.60 Å². The number of unbranched alkanes of at least 4 members (excludes halogenated alkanes) is 1. The van der Waals surface area contributed by atoms with Gasteiger partial charge in [-0.05, 0) is 54.6 Å². The molecule has 2 N–H and O–H groups in total. The second kappa shape index (κ2) is 13.7. The highest BCUT2D eigenvalue weighted by Gasteiger charge is 2.65. The molecular weight excluding hydrogens is 623 g/mol. The molecule has 0 radical (unpaired) electrons. The highest BCUT2D eigenvalue weighted by Crippen LogP contribution is 2.50. The van der Waals surface area contributed by atoms with Crippen LogP contribution in [-0.4, -0.2) is 79.9 Å². The molecule has 4 atom stereocenters. The summed E-state index contributed by atoms with van der Waals surface area (Å²) in [6, 6.07) is 5.64.